The monoisotopic (exact) mass is 238 g/mol. The molecule has 0 aliphatic heterocycles. The lowest BCUT2D eigenvalue weighted by molar-refractivity contribution is -0.384. The number of nitrogens with one attached hydrogen (secondary N) is 1. The van der Waals surface area contributed by atoms with Gasteiger partial charge in [-0.1, -0.05) is 6.07 Å². The minimum Gasteiger partial charge on any atom is -0.468 e. The molecule has 0 unspecified atom stereocenters. The van der Waals surface area contributed by atoms with E-state index in [2.05, 4.69) is 10.1 Å². The SMILES string of the molecule is COC(=O)CNC(=O)c1cccc([N+](=O)[O-])c1. The molecule has 0 saturated carbocycles. The van der Waals surface area contributed by atoms with Crippen molar-refractivity contribution in [1.29, 1.82) is 0 Å². The van der Waals surface area contributed by atoms with Crippen LogP contribution in [0.4, 0.5) is 5.69 Å². The maximum atomic E-state index is 11.5. The summed E-state index contributed by atoms with van der Waals surface area (Å²) >= 11 is 0. The lowest BCUT2D eigenvalue weighted by Gasteiger charge is -2.03. The molecule has 7 heteroatoms. The molecule has 1 amide bonds. The summed E-state index contributed by atoms with van der Waals surface area (Å²) in [5.41, 5.74) is -0.0705. The van der Waals surface area contributed by atoms with Gasteiger partial charge in [-0.3, -0.25) is 19.7 Å². The molecule has 0 aliphatic rings. The average Bonchev–Trinajstić information content (AvgIpc) is 2.35. The zero-order valence-corrected chi connectivity index (χ0v) is 9.00. The number of hydrogen-bond donors (Lipinski definition) is 1. The van der Waals surface area contributed by atoms with E-state index in [0.717, 1.165) is 6.07 Å². The van der Waals surface area contributed by atoms with Gasteiger partial charge in [0.05, 0.1) is 12.0 Å². The van der Waals surface area contributed by atoms with Crippen LogP contribution in [-0.4, -0.2) is 30.5 Å². The quantitative estimate of drug-likeness (QED) is 0.467. The van der Waals surface area contributed by atoms with Crippen LogP contribution in [0.15, 0.2) is 24.3 Å². The number of esters is 1. The molecule has 0 saturated heterocycles. The largest absolute Gasteiger partial charge is 0.468 e. The van der Waals surface area contributed by atoms with Crippen LogP contribution in [0, 0.1) is 10.1 Å². The summed E-state index contributed by atoms with van der Waals surface area (Å²) in [7, 11) is 1.20. The van der Waals surface area contributed by atoms with E-state index in [1.165, 1.54) is 25.3 Å². The van der Waals surface area contributed by atoms with Gasteiger partial charge in [-0.2, -0.15) is 0 Å². The van der Waals surface area contributed by atoms with Gasteiger partial charge in [0, 0.05) is 17.7 Å². The van der Waals surface area contributed by atoms with Crippen LogP contribution in [0.25, 0.3) is 0 Å². The Morgan fingerprint density at radius 1 is 1.47 bits per heavy atom. The van der Waals surface area contributed by atoms with Crippen LogP contribution in [0.3, 0.4) is 0 Å². The average molecular weight is 238 g/mol. The summed E-state index contributed by atoms with van der Waals surface area (Å²) in [5, 5.41) is 12.8. The van der Waals surface area contributed by atoms with Gasteiger partial charge >= 0.3 is 5.97 Å². The maximum absolute atomic E-state index is 11.5. The number of non-ortho nitro benzene ring substituents is 1. The number of nitro groups is 1. The molecule has 7 nitrogen and oxygen atoms in total. The Morgan fingerprint density at radius 2 is 2.18 bits per heavy atom. The standard InChI is InChI=1S/C10H10N2O5/c1-17-9(13)6-11-10(14)7-3-2-4-8(5-7)12(15)16/h2-5H,6H2,1H3,(H,11,14). The molecular formula is C10H10N2O5. The van der Waals surface area contributed by atoms with E-state index in [1.54, 1.807) is 0 Å². The van der Waals surface area contributed by atoms with Gasteiger partial charge in [0.2, 0.25) is 0 Å². The van der Waals surface area contributed by atoms with Crippen molar-refractivity contribution in [3.63, 3.8) is 0 Å². The topological polar surface area (TPSA) is 98.5 Å². The number of nitrogens with zero attached hydrogens (tertiary/aromatic N) is 1. The summed E-state index contributed by atoms with van der Waals surface area (Å²) in [6.45, 7) is -0.280. The van der Waals surface area contributed by atoms with E-state index in [4.69, 9.17) is 0 Å². The van der Waals surface area contributed by atoms with E-state index in [-0.39, 0.29) is 17.8 Å². The smallest absolute Gasteiger partial charge is 0.325 e. The number of carbonyl (C=O) groups excluding carboxylic acids is 2. The summed E-state index contributed by atoms with van der Waals surface area (Å²) < 4.78 is 4.34. The fourth-order valence-electron chi connectivity index (χ4n) is 1.09. The molecule has 0 aromatic heterocycles. The molecule has 0 radical (unpaired) electrons. The number of rotatable bonds is 4. The van der Waals surface area contributed by atoms with Crippen molar-refractivity contribution in [1.82, 2.24) is 5.32 Å². The van der Waals surface area contributed by atoms with Crippen molar-refractivity contribution in [3.05, 3.63) is 39.9 Å². The molecule has 1 aromatic carbocycles. The summed E-state index contributed by atoms with van der Waals surface area (Å²) in [6, 6.07) is 5.22. The molecule has 0 fully saturated rings. The fourth-order valence-corrected chi connectivity index (χ4v) is 1.09. The van der Waals surface area contributed by atoms with Gasteiger partial charge in [0.15, 0.2) is 0 Å². The van der Waals surface area contributed by atoms with Crippen LogP contribution >= 0.6 is 0 Å². The van der Waals surface area contributed by atoms with Crippen molar-refractivity contribution in [2.45, 2.75) is 0 Å². The van der Waals surface area contributed by atoms with Gasteiger partial charge in [0.25, 0.3) is 11.6 Å². The van der Waals surface area contributed by atoms with Crippen LogP contribution in [0.1, 0.15) is 10.4 Å². The zero-order chi connectivity index (χ0) is 12.8. The predicted molar refractivity (Wildman–Crippen MR) is 57.4 cm³/mol. The van der Waals surface area contributed by atoms with Gasteiger partial charge < -0.3 is 10.1 Å². The summed E-state index contributed by atoms with van der Waals surface area (Å²) in [4.78, 5) is 32.2. The lowest BCUT2D eigenvalue weighted by Crippen LogP contribution is -2.30. The molecule has 17 heavy (non-hydrogen) atoms. The summed E-state index contributed by atoms with van der Waals surface area (Å²) in [5.74, 6) is -1.16. The highest BCUT2D eigenvalue weighted by molar-refractivity contribution is 5.96. The van der Waals surface area contributed by atoms with Crippen LogP contribution in [0.5, 0.6) is 0 Å². The first-order valence-electron chi connectivity index (χ1n) is 4.64. The zero-order valence-electron chi connectivity index (χ0n) is 9.00. The van der Waals surface area contributed by atoms with Gasteiger partial charge in [-0.15, -0.1) is 0 Å². The highest BCUT2D eigenvalue weighted by Gasteiger charge is 2.12. The Hall–Kier alpha value is -2.44. The number of ether oxygens (including phenoxy) is 1. The van der Waals surface area contributed by atoms with Crippen LogP contribution in [-0.2, 0) is 9.53 Å². The van der Waals surface area contributed by atoms with Crippen molar-refractivity contribution >= 4 is 17.6 Å². The Morgan fingerprint density at radius 3 is 2.76 bits per heavy atom. The fraction of sp³-hybridized carbons (Fsp3) is 0.200. The number of methoxy groups -OCH3 is 1. The molecular weight excluding hydrogens is 228 g/mol. The van der Waals surface area contributed by atoms with E-state index < -0.39 is 16.8 Å². The number of amides is 1. The van der Waals surface area contributed by atoms with Crippen LogP contribution < -0.4 is 5.32 Å². The van der Waals surface area contributed by atoms with E-state index in [1.807, 2.05) is 0 Å². The first-order valence-corrected chi connectivity index (χ1v) is 4.64. The van der Waals surface area contributed by atoms with Crippen molar-refractivity contribution in [2.75, 3.05) is 13.7 Å². The Kier molecular flexibility index (Phi) is 4.15. The highest BCUT2D eigenvalue weighted by atomic mass is 16.6. The molecule has 1 aromatic rings. The van der Waals surface area contributed by atoms with Crippen molar-refractivity contribution in [2.24, 2.45) is 0 Å². The lowest BCUT2D eigenvalue weighted by atomic mass is 10.2. The first-order chi connectivity index (χ1) is 8.04. The number of nitro benzene ring substituents is 1. The Bertz CT molecular complexity index is 458. The van der Waals surface area contributed by atoms with Gasteiger partial charge in [-0.25, -0.2) is 0 Å². The highest BCUT2D eigenvalue weighted by Crippen LogP contribution is 2.12. The second-order valence-corrected chi connectivity index (χ2v) is 3.07. The number of benzene rings is 1. The van der Waals surface area contributed by atoms with E-state index >= 15 is 0 Å². The molecule has 0 heterocycles. The van der Waals surface area contributed by atoms with Gasteiger partial charge in [-0.05, 0) is 6.07 Å². The molecule has 1 N–H and O–H groups in total. The third kappa shape index (κ3) is 3.56. The van der Waals surface area contributed by atoms with E-state index in [0.29, 0.717) is 0 Å². The molecule has 1 rings (SSSR count). The number of carbonyl (C=O) groups is 2. The molecule has 0 bridgehead atoms. The maximum Gasteiger partial charge on any atom is 0.325 e. The second kappa shape index (κ2) is 5.59. The van der Waals surface area contributed by atoms with Crippen LogP contribution in [0.2, 0.25) is 0 Å². The third-order valence-electron chi connectivity index (χ3n) is 1.94. The number of hydrogen-bond acceptors (Lipinski definition) is 5. The molecule has 0 aliphatic carbocycles. The molecule has 90 valence electrons. The van der Waals surface area contributed by atoms with Crippen molar-refractivity contribution in [3.8, 4) is 0 Å². The molecule has 0 atom stereocenters. The second-order valence-electron chi connectivity index (χ2n) is 3.07. The van der Waals surface area contributed by atoms with E-state index in [9.17, 15) is 19.7 Å². The first kappa shape index (κ1) is 12.6. The minimum atomic E-state index is -0.600. The Labute approximate surface area is 96.5 Å². The normalized spacial score (nSPS) is 9.47. The molecule has 0 spiro atoms. The Balaban J connectivity index is 2.72. The van der Waals surface area contributed by atoms with Gasteiger partial charge in [0.1, 0.15) is 6.54 Å². The van der Waals surface area contributed by atoms with Crippen molar-refractivity contribution < 1.29 is 19.2 Å². The predicted octanol–water partition coefficient (Wildman–Crippen LogP) is 0.498. The third-order valence-corrected chi connectivity index (χ3v) is 1.94. The summed E-state index contributed by atoms with van der Waals surface area (Å²) in [6.07, 6.45) is 0. The minimum absolute atomic E-state index is 0.114.